The molecule has 1 amide bonds. The zero-order valence-electron chi connectivity index (χ0n) is 17.2. The van der Waals surface area contributed by atoms with E-state index in [1.54, 1.807) is 67.7 Å². The van der Waals surface area contributed by atoms with Crippen LogP contribution in [0, 0.1) is 6.92 Å². The first-order valence-electron chi connectivity index (χ1n) is 9.50. The molecule has 0 saturated carbocycles. The minimum Gasteiger partial charge on any atom is -0.493 e. The number of benzene rings is 2. The number of carbonyl (C=O) groups excluding carboxylic acids is 1. The standard InChI is InChI=1S/C23H20N4O4/c1-14-25-21-18(8-5-11-24-21)23(29)27(14)17-7-4-6-16(13-17)26-22(28)15-9-10-19(30-2)20(12-15)31-3/h4-13H,1-3H3,(H,26,28). The van der Waals surface area contributed by atoms with Crippen molar-refractivity contribution in [3.05, 3.63) is 82.5 Å². The molecule has 2 aromatic carbocycles. The molecule has 156 valence electrons. The quantitative estimate of drug-likeness (QED) is 0.536. The van der Waals surface area contributed by atoms with Crippen LogP contribution in [0.3, 0.4) is 0 Å². The fourth-order valence-corrected chi connectivity index (χ4v) is 3.33. The third-order valence-corrected chi connectivity index (χ3v) is 4.82. The third-order valence-electron chi connectivity index (χ3n) is 4.82. The number of rotatable bonds is 5. The number of fused-ring (bicyclic) bond motifs is 1. The second-order valence-electron chi connectivity index (χ2n) is 6.75. The van der Waals surface area contributed by atoms with Gasteiger partial charge in [-0.2, -0.15) is 0 Å². The van der Waals surface area contributed by atoms with Crippen LogP contribution in [0.4, 0.5) is 5.69 Å². The SMILES string of the molecule is COc1ccc(C(=O)Nc2cccc(-n3c(C)nc4ncccc4c3=O)c2)cc1OC. The summed E-state index contributed by atoms with van der Waals surface area (Å²) in [6.45, 7) is 1.74. The van der Waals surface area contributed by atoms with E-state index in [-0.39, 0.29) is 11.5 Å². The second kappa shape index (κ2) is 8.27. The Morgan fingerprint density at radius 2 is 1.81 bits per heavy atom. The van der Waals surface area contributed by atoms with Crippen LogP contribution in [0.15, 0.2) is 65.6 Å². The zero-order chi connectivity index (χ0) is 22.0. The first-order valence-corrected chi connectivity index (χ1v) is 9.50. The first kappa shape index (κ1) is 20.1. The van der Waals surface area contributed by atoms with Gasteiger partial charge in [-0.3, -0.25) is 14.2 Å². The molecule has 0 aliphatic carbocycles. The highest BCUT2D eigenvalue weighted by atomic mass is 16.5. The van der Waals surface area contributed by atoms with Gasteiger partial charge in [-0.15, -0.1) is 0 Å². The van der Waals surface area contributed by atoms with E-state index in [0.29, 0.717) is 45.3 Å². The van der Waals surface area contributed by atoms with Gasteiger partial charge in [0.1, 0.15) is 5.82 Å². The summed E-state index contributed by atoms with van der Waals surface area (Å²) >= 11 is 0. The summed E-state index contributed by atoms with van der Waals surface area (Å²) < 4.78 is 12.0. The monoisotopic (exact) mass is 416 g/mol. The van der Waals surface area contributed by atoms with Crippen LogP contribution in [0.2, 0.25) is 0 Å². The van der Waals surface area contributed by atoms with Gasteiger partial charge in [0.2, 0.25) is 0 Å². The van der Waals surface area contributed by atoms with Crippen molar-refractivity contribution in [1.29, 1.82) is 0 Å². The van der Waals surface area contributed by atoms with Crippen LogP contribution in [0.1, 0.15) is 16.2 Å². The molecular weight excluding hydrogens is 396 g/mol. The van der Waals surface area contributed by atoms with Crippen molar-refractivity contribution in [3.63, 3.8) is 0 Å². The Bertz CT molecular complexity index is 1350. The molecule has 0 spiro atoms. The molecule has 0 aliphatic heterocycles. The molecule has 8 nitrogen and oxygen atoms in total. The molecule has 0 bridgehead atoms. The van der Waals surface area contributed by atoms with Crippen LogP contribution in [0.5, 0.6) is 11.5 Å². The van der Waals surface area contributed by atoms with Crippen molar-refractivity contribution < 1.29 is 14.3 Å². The Hall–Kier alpha value is -4.20. The molecule has 1 N–H and O–H groups in total. The van der Waals surface area contributed by atoms with Crippen molar-refractivity contribution in [2.24, 2.45) is 0 Å². The van der Waals surface area contributed by atoms with Gasteiger partial charge in [-0.1, -0.05) is 6.07 Å². The number of carbonyl (C=O) groups is 1. The molecule has 4 rings (SSSR count). The molecule has 2 aromatic heterocycles. The second-order valence-corrected chi connectivity index (χ2v) is 6.75. The Labute approximate surface area is 178 Å². The molecular formula is C23H20N4O4. The highest BCUT2D eigenvalue weighted by molar-refractivity contribution is 6.04. The van der Waals surface area contributed by atoms with Crippen LogP contribution >= 0.6 is 0 Å². The smallest absolute Gasteiger partial charge is 0.267 e. The lowest BCUT2D eigenvalue weighted by atomic mass is 10.1. The van der Waals surface area contributed by atoms with Gasteiger partial charge in [0.25, 0.3) is 11.5 Å². The predicted octanol–water partition coefficient (Wildman–Crippen LogP) is 3.36. The Kier molecular flexibility index (Phi) is 5.36. The van der Waals surface area contributed by atoms with Gasteiger partial charge < -0.3 is 14.8 Å². The van der Waals surface area contributed by atoms with Gasteiger partial charge in [0.05, 0.1) is 25.3 Å². The number of hydrogen-bond acceptors (Lipinski definition) is 6. The summed E-state index contributed by atoms with van der Waals surface area (Å²) in [5.74, 6) is 1.18. The summed E-state index contributed by atoms with van der Waals surface area (Å²) in [5.41, 5.74) is 1.72. The van der Waals surface area contributed by atoms with Crippen LogP contribution in [0.25, 0.3) is 16.7 Å². The van der Waals surface area contributed by atoms with Crippen molar-refractivity contribution in [1.82, 2.24) is 14.5 Å². The highest BCUT2D eigenvalue weighted by Crippen LogP contribution is 2.28. The maximum Gasteiger partial charge on any atom is 0.267 e. The minimum atomic E-state index is -0.317. The Morgan fingerprint density at radius 3 is 2.58 bits per heavy atom. The van der Waals surface area contributed by atoms with E-state index in [1.807, 2.05) is 0 Å². The van der Waals surface area contributed by atoms with Crippen LogP contribution < -0.4 is 20.3 Å². The van der Waals surface area contributed by atoms with E-state index in [9.17, 15) is 9.59 Å². The number of nitrogens with one attached hydrogen (secondary N) is 1. The highest BCUT2D eigenvalue weighted by Gasteiger charge is 2.13. The van der Waals surface area contributed by atoms with E-state index in [0.717, 1.165) is 0 Å². The third kappa shape index (κ3) is 3.83. The number of aromatic nitrogens is 3. The predicted molar refractivity (Wildman–Crippen MR) is 117 cm³/mol. The molecule has 0 aliphatic rings. The van der Waals surface area contributed by atoms with Gasteiger partial charge in [0.15, 0.2) is 17.1 Å². The van der Waals surface area contributed by atoms with E-state index in [4.69, 9.17) is 9.47 Å². The fraction of sp³-hybridized carbons (Fsp3) is 0.130. The van der Waals surface area contributed by atoms with Crippen molar-refractivity contribution >= 4 is 22.6 Å². The molecule has 8 heteroatoms. The summed E-state index contributed by atoms with van der Waals surface area (Å²) in [7, 11) is 3.04. The number of methoxy groups -OCH3 is 2. The van der Waals surface area contributed by atoms with Crippen molar-refractivity contribution in [3.8, 4) is 17.2 Å². The maximum absolute atomic E-state index is 13.0. The van der Waals surface area contributed by atoms with E-state index in [2.05, 4.69) is 15.3 Å². The number of hydrogen-bond donors (Lipinski definition) is 1. The molecule has 0 unspecified atom stereocenters. The van der Waals surface area contributed by atoms with Gasteiger partial charge >= 0.3 is 0 Å². The lowest BCUT2D eigenvalue weighted by Gasteiger charge is -2.13. The molecule has 0 radical (unpaired) electrons. The summed E-state index contributed by atoms with van der Waals surface area (Å²) in [5, 5.41) is 3.27. The average molecular weight is 416 g/mol. The topological polar surface area (TPSA) is 95.3 Å². The maximum atomic E-state index is 13.0. The van der Waals surface area contributed by atoms with E-state index in [1.165, 1.54) is 18.8 Å². The number of ether oxygens (including phenoxy) is 2. The summed E-state index contributed by atoms with van der Waals surface area (Å²) in [6, 6.07) is 15.3. The van der Waals surface area contributed by atoms with Gasteiger partial charge in [0, 0.05) is 17.4 Å². The average Bonchev–Trinajstić information content (AvgIpc) is 2.79. The van der Waals surface area contributed by atoms with Gasteiger partial charge in [-0.25, -0.2) is 9.97 Å². The zero-order valence-corrected chi connectivity index (χ0v) is 17.2. The van der Waals surface area contributed by atoms with Crippen LogP contribution in [-0.2, 0) is 0 Å². The molecule has 0 saturated heterocycles. The number of amides is 1. The fourth-order valence-electron chi connectivity index (χ4n) is 3.33. The van der Waals surface area contributed by atoms with Crippen molar-refractivity contribution in [2.45, 2.75) is 6.92 Å². The summed E-state index contributed by atoms with van der Waals surface area (Å²) in [6.07, 6.45) is 1.60. The van der Waals surface area contributed by atoms with E-state index < -0.39 is 0 Å². The van der Waals surface area contributed by atoms with E-state index >= 15 is 0 Å². The Balaban J connectivity index is 1.68. The number of pyridine rings is 1. The number of aryl methyl sites for hydroxylation is 1. The molecule has 2 heterocycles. The minimum absolute atomic E-state index is 0.223. The van der Waals surface area contributed by atoms with Crippen molar-refractivity contribution in [2.75, 3.05) is 19.5 Å². The normalized spacial score (nSPS) is 10.7. The van der Waals surface area contributed by atoms with Crippen LogP contribution in [-0.4, -0.2) is 34.7 Å². The Morgan fingerprint density at radius 1 is 1.00 bits per heavy atom. The molecule has 4 aromatic rings. The lowest BCUT2D eigenvalue weighted by molar-refractivity contribution is 0.102. The van der Waals surface area contributed by atoms with Gasteiger partial charge in [-0.05, 0) is 55.5 Å². The number of anilines is 1. The molecule has 31 heavy (non-hydrogen) atoms. The largest absolute Gasteiger partial charge is 0.493 e. The number of nitrogens with zero attached hydrogens (tertiary/aromatic N) is 3. The summed E-state index contributed by atoms with van der Waals surface area (Å²) in [4.78, 5) is 34.3. The first-order chi connectivity index (χ1) is 15.0. The molecule has 0 fully saturated rings. The molecule has 0 atom stereocenters. The lowest BCUT2D eigenvalue weighted by Crippen LogP contribution is -2.22.